The van der Waals surface area contributed by atoms with E-state index >= 15 is 0 Å². The van der Waals surface area contributed by atoms with Crippen LogP contribution >= 0.6 is 10.3 Å². The number of carbonyl (C=O) groups excluding carboxylic acids is 1. The summed E-state index contributed by atoms with van der Waals surface area (Å²) in [5.41, 5.74) is 2.47. The number of aryl methyl sites for hydroxylation is 3. The van der Waals surface area contributed by atoms with Crippen LogP contribution in [0.1, 0.15) is 128 Å². The van der Waals surface area contributed by atoms with Crippen LogP contribution in [0.2, 0.25) is 0 Å². The lowest BCUT2D eigenvalue weighted by molar-refractivity contribution is -0.128. The molecule has 49 heavy (non-hydrogen) atoms. The SMILES string of the molecule is CCCCCc1ccc(S(OS(=O)(=O)CC23CCC(CC2=O)C3(C)C)(c2ccc(CCCCC)cc2)c2ccc(CCCCC)cc2)cc1. The molecule has 0 amide bonds. The second-order valence-corrected chi connectivity index (χ2v) is 19.8. The van der Waals surface area contributed by atoms with E-state index in [-0.39, 0.29) is 22.9 Å². The van der Waals surface area contributed by atoms with Gasteiger partial charge in [0.1, 0.15) is 5.78 Å². The molecule has 2 fully saturated rings. The molecule has 2 aliphatic carbocycles. The predicted molar refractivity (Wildman–Crippen MR) is 205 cm³/mol. The molecule has 3 aromatic carbocycles. The average Bonchev–Trinajstić information content (AvgIpc) is 3.43. The van der Waals surface area contributed by atoms with Crippen LogP contribution in [0.4, 0.5) is 0 Å². The number of carbonyl (C=O) groups is 1. The molecular formula is C43H60O4S2. The van der Waals surface area contributed by atoms with Gasteiger partial charge in [0.25, 0.3) is 10.1 Å². The van der Waals surface area contributed by atoms with Gasteiger partial charge < -0.3 is 0 Å². The third-order valence-corrected chi connectivity index (χ3v) is 17.0. The quantitative estimate of drug-likeness (QED) is 0.117. The third kappa shape index (κ3) is 8.07. The van der Waals surface area contributed by atoms with Crippen molar-refractivity contribution < 1.29 is 16.8 Å². The van der Waals surface area contributed by atoms with Gasteiger partial charge in [-0.2, -0.15) is 8.42 Å². The Labute approximate surface area is 299 Å². The lowest BCUT2D eigenvalue weighted by Crippen LogP contribution is -2.42. The molecule has 2 bridgehead atoms. The van der Waals surface area contributed by atoms with E-state index < -0.39 is 25.8 Å². The molecule has 2 atom stereocenters. The third-order valence-electron chi connectivity index (χ3n) is 11.7. The lowest BCUT2D eigenvalue weighted by Gasteiger charge is -2.42. The molecule has 0 aliphatic heterocycles. The van der Waals surface area contributed by atoms with Crippen LogP contribution in [0, 0.1) is 16.7 Å². The van der Waals surface area contributed by atoms with Gasteiger partial charge >= 0.3 is 0 Å². The van der Waals surface area contributed by atoms with Crippen LogP contribution in [0.3, 0.4) is 0 Å². The lowest BCUT2D eigenvalue weighted by atomic mass is 9.70. The molecule has 2 unspecified atom stereocenters. The monoisotopic (exact) mass is 704 g/mol. The van der Waals surface area contributed by atoms with Crippen molar-refractivity contribution in [1.82, 2.24) is 0 Å². The summed E-state index contributed by atoms with van der Waals surface area (Å²) in [5.74, 6) is 0.0509. The molecule has 0 radical (unpaired) electrons. The van der Waals surface area contributed by atoms with E-state index in [4.69, 9.17) is 3.63 Å². The number of fused-ring (bicyclic) bond motifs is 2. The summed E-state index contributed by atoms with van der Waals surface area (Å²) < 4.78 is 36.3. The minimum Gasteiger partial charge on any atom is -0.299 e. The standard InChI is InChI=1S/C43H60O4S2/c1-6-9-12-15-34-18-24-38(25-19-34)49(39-26-20-35(21-27-39)16-13-10-7-2,40-28-22-36(23-29-40)17-14-11-8-3)47-48(45,46)33-43-31-30-37(32-41(43)44)42(43,4)5/h18-29,37H,6-17,30-33H2,1-5H3. The van der Waals surface area contributed by atoms with E-state index in [1.807, 2.05) is 0 Å². The number of hydrogen-bond acceptors (Lipinski definition) is 4. The normalized spacial score (nSPS) is 20.6. The summed E-state index contributed by atoms with van der Waals surface area (Å²) in [4.78, 5) is 16.2. The summed E-state index contributed by atoms with van der Waals surface area (Å²) in [5, 5.41) is 0. The Hall–Kier alpha value is -2.41. The molecule has 0 spiro atoms. The highest BCUT2D eigenvalue weighted by atomic mass is 32.3. The molecule has 6 heteroatoms. The minimum atomic E-state index is -4.18. The molecule has 2 saturated carbocycles. The van der Waals surface area contributed by atoms with Crippen LogP contribution in [-0.4, -0.2) is 20.0 Å². The Morgan fingerprint density at radius 1 is 0.633 bits per heavy atom. The van der Waals surface area contributed by atoms with Crippen LogP contribution < -0.4 is 0 Å². The highest BCUT2D eigenvalue weighted by molar-refractivity contribution is 8.33. The van der Waals surface area contributed by atoms with E-state index in [0.717, 1.165) is 59.6 Å². The van der Waals surface area contributed by atoms with E-state index in [9.17, 15) is 13.2 Å². The van der Waals surface area contributed by atoms with Crippen LogP contribution in [0.25, 0.3) is 0 Å². The molecule has 0 aromatic heterocycles. The Morgan fingerprint density at radius 3 is 1.33 bits per heavy atom. The smallest absolute Gasteiger partial charge is 0.278 e. The first-order valence-electron chi connectivity index (χ1n) is 19.1. The summed E-state index contributed by atoms with van der Waals surface area (Å²) in [6.45, 7) is 10.8. The first kappa shape index (κ1) is 37.8. The highest BCUT2D eigenvalue weighted by Crippen LogP contribution is 2.71. The Morgan fingerprint density at radius 2 is 1.02 bits per heavy atom. The molecule has 2 aliphatic rings. The number of Topliss-reactive ketones (excluding diaryl/α,β-unsaturated/α-hetero) is 1. The van der Waals surface area contributed by atoms with Gasteiger partial charge in [0.15, 0.2) is 0 Å². The number of rotatable bonds is 19. The maximum Gasteiger partial charge on any atom is 0.278 e. The molecule has 0 saturated heterocycles. The molecule has 268 valence electrons. The van der Waals surface area contributed by atoms with Crippen molar-refractivity contribution >= 4 is 26.2 Å². The molecular weight excluding hydrogens is 645 g/mol. The second kappa shape index (κ2) is 16.3. The van der Waals surface area contributed by atoms with Gasteiger partial charge in [-0.1, -0.05) is 110 Å². The van der Waals surface area contributed by atoms with Crippen molar-refractivity contribution in [2.45, 2.75) is 146 Å². The average molecular weight is 705 g/mol. The molecule has 0 N–H and O–H groups in total. The first-order valence-corrected chi connectivity index (χ1v) is 22.2. The number of ketones is 1. The van der Waals surface area contributed by atoms with Gasteiger partial charge in [0.2, 0.25) is 0 Å². The number of hydrogen-bond donors (Lipinski definition) is 0. The van der Waals surface area contributed by atoms with Gasteiger partial charge in [-0.25, -0.2) is 3.63 Å². The van der Waals surface area contributed by atoms with E-state index in [2.05, 4.69) is 107 Å². The van der Waals surface area contributed by atoms with Crippen molar-refractivity contribution in [2.75, 3.05) is 5.75 Å². The molecule has 4 nitrogen and oxygen atoms in total. The van der Waals surface area contributed by atoms with E-state index in [0.29, 0.717) is 12.8 Å². The molecule has 3 aromatic rings. The Bertz CT molecular complexity index is 1490. The van der Waals surface area contributed by atoms with Gasteiger partial charge in [0.05, 0.1) is 11.2 Å². The van der Waals surface area contributed by atoms with Crippen molar-refractivity contribution in [1.29, 1.82) is 0 Å². The predicted octanol–water partition coefficient (Wildman–Crippen LogP) is 11.8. The molecule has 0 heterocycles. The van der Waals surface area contributed by atoms with Crippen molar-refractivity contribution in [2.24, 2.45) is 16.7 Å². The zero-order valence-electron chi connectivity index (χ0n) is 30.8. The minimum absolute atomic E-state index is 0.0887. The van der Waals surface area contributed by atoms with Gasteiger partial charge in [-0.3, -0.25) is 4.79 Å². The number of unbranched alkanes of at least 4 members (excludes halogenated alkanes) is 6. The fourth-order valence-corrected chi connectivity index (χ4v) is 14.4. The van der Waals surface area contributed by atoms with Gasteiger partial charge in [-0.05, 0) is 126 Å². The van der Waals surface area contributed by atoms with Crippen molar-refractivity contribution in [3.8, 4) is 0 Å². The zero-order chi connectivity index (χ0) is 35.1. The van der Waals surface area contributed by atoms with Crippen LogP contribution in [0.5, 0.6) is 0 Å². The Balaban J connectivity index is 1.63. The maximum atomic E-state index is 14.7. The topological polar surface area (TPSA) is 60.4 Å². The van der Waals surface area contributed by atoms with Gasteiger partial charge in [-0.15, -0.1) is 0 Å². The summed E-state index contributed by atoms with van der Waals surface area (Å²) in [6.07, 6.45) is 15.4. The molecule has 5 rings (SSSR count). The summed E-state index contributed by atoms with van der Waals surface area (Å²) in [6, 6.07) is 25.6. The van der Waals surface area contributed by atoms with Crippen LogP contribution in [-0.2, 0) is 37.8 Å². The fraction of sp³-hybridized carbons (Fsp3) is 0.558. The largest absolute Gasteiger partial charge is 0.299 e. The Kier molecular flexibility index (Phi) is 12.6. The van der Waals surface area contributed by atoms with E-state index in [1.54, 1.807) is 0 Å². The number of benzene rings is 3. The maximum absolute atomic E-state index is 14.7. The van der Waals surface area contributed by atoms with Gasteiger partial charge in [0, 0.05) is 21.1 Å². The summed E-state index contributed by atoms with van der Waals surface area (Å²) >= 11 is 0. The summed E-state index contributed by atoms with van der Waals surface area (Å²) in [7, 11) is -6.91. The van der Waals surface area contributed by atoms with Crippen LogP contribution in [0.15, 0.2) is 87.5 Å². The highest BCUT2D eigenvalue weighted by Gasteiger charge is 2.65. The van der Waals surface area contributed by atoms with Crippen molar-refractivity contribution in [3.63, 3.8) is 0 Å². The first-order chi connectivity index (χ1) is 23.5. The van der Waals surface area contributed by atoms with Crippen molar-refractivity contribution in [3.05, 3.63) is 89.5 Å². The zero-order valence-corrected chi connectivity index (χ0v) is 32.4. The fourth-order valence-electron chi connectivity index (χ4n) is 8.40. The second-order valence-electron chi connectivity index (χ2n) is 15.3. The van der Waals surface area contributed by atoms with E-state index in [1.165, 1.54) is 55.2 Å².